The van der Waals surface area contributed by atoms with Crippen LogP contribution in [0.3, 0.4) is 0 Å². The molecule has 1 saturated heterocycles. The summed E-state index contributed by atoms with van der Waals surface area (Å²) in [6, 6.07) is -0.380. The second-order valence-corrected chi connectivity index (χ2v) is 5.19. The Balaban J connectivity index is 2.65. The first-order valence-electron chi connectivity index (χ1n) is 6.92. The van der Waals surface area contributed by atoms with Crippen molar-refractivity contribution >= 4 is 17.9 Å². The van der Waals surface area contributed by atoms with Crippen LogP contribution in [0.5, 0.6) is 0 Å². The Morgan fingerprint density at radius 3 is 2.60 bits per heavy atom. The molecule has 1 heterocycles. The second-order valence-electron chi connectivity index (χ2n) is 5.19. The number of carbonyl (C=O) groups excluding carboxylic acids is 2. The van der Waals surface area contributed by atoms with E-state index in [4.69, 9.17) is 0 Å². The number of hydrogen-bond acceptors (Lipinski definition) is 3. The van der Waals surface area contributed by atoms with E-state index < -0.39 is 11.4 Å². The van der Waals surface area contributed by atoms with Crippen molar-refractivity contribution in [2.75, 3.05) is 26.7 Å². The minimum absolute atomic E-state index is 0.0975. The van der Waals surface area contributed by atoms with Crippen LogP contribution >= 0.6 is 0 Å². The van der Waals surface area contributed by atoms with Gasteiger partial charge in [0.15, 0.2) is 0 Å². The molecule has 0 aromatic carbocycles. The zero-order valence-electron chi connectivity index (χ0n) is 12.1. The fraction of sp³-hybridized carbons (Fsp3) is 0.769. The third-order valence-corrected chi connectivity index (χ3v) is 3.73. The lowest BCUT2D eigenvalue weighted by atomic mass is 9.76. The van der Waals surface area contributed by atoms with Gasteiger partial charge in [-0.3, -0.25) is 9.59 Å². The van der Waals surface area contributed by atoms with E-state index in [0.29, 0.717) is 25.8 Å². The van der Waals surface area contributed by atoms with Crippen LogP contribution in [0.15, 0.2) is 0 Å². The minimum Gasteiger partial charge on any atom is -0.481 e. The van der Waals surface area contributed by atoms with Crippen LogP contribution in [0.4, 0.5) is 4.79 Å². The van der Waals surface area contributed by atoms with Crippen molar-refractivity contribution in [1.82, 2.24) is 15.5 Å². The Hall–Kier alpha value is -1.79. The van der Waals surface area contributed by atoms with Gasteiger partial charge < -0.3 is 20.6 Å². The van der Waals surface area contributed by atoms with E-state index in [1.165, 1.54) is 11.9 Å². The lowest BCUT2D eigenvalue weighted by Crippen LogP contribution is -2.53. The average Bonchev–Trinajstić information content (AvgIpc) is 2.44. The maximum absolute atomic E-state index is 12.0. The zero-order valence-corrected chi connectivity index (χ0v) is 12.1. The number of carboxylic acid groups (broad SMARTS) is 1. The van der Waals surface area contributed by atoms with Crippen LogP contribution in [0.1, 0.15) is 32.6 Å². The number of likely N-dealkylation sites (tertiary alicyclic amines) is 1. The quantitative estimate of drug-likeness (QED) is 0.681. The van der Waals surface area contributed by atoms with Crippen molar-refractivity contribution in [2.45, 2.75) is 32.6 Å². The van der Waals surface area contributed by atoms with E-state index in [1.807, 2.05) is 6.92 Å². The molecule has 7 nitrogen and oxygen atoms in total. The van der Waals surface area contributed by atoms with E-state index in [1.54, 1.807) is 0 Å². The van der Waals surface area contributed by atoms with Gasteiger partial charge in [0.25, 0.3) is 0 Å². The van der Waals surface area contributed by atoms with Crippen LogP contribution in [-0.2, 0) is 9.59 Å². The summed E-state index contributed by atoms with van der Waals surface area (Å²) in [5.41, 5.74) is -0.850. The third kappa shape index (κ3) is 3.85. The molecule has 20 heavy (non-hydrogen) atoms. The highest BCUT2D eigenvalue weighted by atomic mass is 16.4. The maximum atomic E-state index is 12.0. The number of nitrogens with one attached hydrogen (secondary N) is 2. The minimum atomic E-state index is -0.850. The molecule has 1 unspecified atom stereocenters. The summed E-state index contributed by atoms with van der Waals surface area (Å²) in [5.74, 6) is -1.13. The Kier molecular flexibility index (Phi) is 5.79. The number of urea groups is 1. The van der Waals surface area contributed by atoms with E-state index in [0.717, 1.165) is 6.42 Å². The SMILES string of the molecule is CCCC1(C(=O)O)CCCN(C(=O)NCC(=O)NC)C1. The molecule has 0 spiro atoms. The van der Waals surface area contributed by atoms with Gasteiger partial charge in [-0.15, -0.1) is 0 Å². The Bertz CT molecular complexity index is 382. The highest BCUT2D eigenvalue weighted by molar-refractivity contribution is 5.84. The van der Waals surface area contributed by atoms with Gasteiger partial charge >= 0.3 is 12.0 Å². The number of aliphatic carboxylic acids is 1. The summed E-state index contributed by atoms with van der Waals surface area (Å²) >= 11 is 0. The first-order chi connectivity index (χ1) is 9.45. The molecule has 1 fully saturated rings. The molecule has 0 saturated carbocycles. The summed E-state index contributed by atoms with van der Waals surface area (Å²) in [6.45, 7) is 2.57. The third-order valence-electron chi connectivity index (χ3n) is 3.73. The molecule has 0 aromatic heterocycles. The number of nitrogens with zero attached hydrogens (tertiary/aromatic N) is 1. The van der Waals surface area contributed by atoms with E-state index in [2.05, 4.69) is 10.6 Å². The van der Waals surface area contributed by atoms with E-state index in [-0.39, 0.29) is 25.0 Å². The lowest BCUT2D eigenvalue weighted by molar-refractivity contribution is -0.152. The maximum Gasteiger partial charge on any atom is 0.317 e. The van der Waals surface area contributed by atoms with Crippen LogP contribution in [0.25, 0.3) is 0 Å². The predicted molar refractivity (Wildman–Crippen MR) is 73.2 cm³/mol. The monoisotopic (exact) mass is 285 g/mol. The van der Waals surface area contributed by atoms with Gasteiger partial charge in [0.2, 0.25) is 5.91 Å². The largest absolute Gasteiger partial charge is 0.481 e. The Morgan fingerprint density at radius 2 is 2.05 bits per heavy atom. The predicted octanol–water partition coefficient (Wildman–Crippen LogP) is 0.409. The molecule has 0 aromatic rings. The molecular weight excluding hydrogens is 262 g/mol. The van der Waals surface area contributed by atoms with Crippen LogP contribution in [-0.4, -0.2) is 54.6 Å². The molecule has 7 heteroatoms. The van der Waals surface area contributed by atoms with Gasteiger partial charge in [0.05, 0.1) is 12.0 Å². The molecular formula is C13H23N3O4. The molecule has 0 aliphatic carbocycles. The standard InChI is InChI=1S/C13H23N3O4/c1-3-5-13(11(18)19)6-4-7-16(9-13)12(20)15-8-10(17)14-2/h3-9H2,1-2H3,(H,14,17)(H,15,20)(H,18,19). The van der Waals surface area contributed by atoms with Crippen LogP contribution in [0, 0.1) is 5.41 Å². The van der Waals surface area contributed by atoms with Crippen molar-refractivity contribution in [3.05, 3.63) is 0 Å². The molecule has 1 aliphatic heterocycles. The summed E-state index contributed by atoms with van der Waals surface area (Å²) in [6.07, 6.45) is 2.58. The molecule has 1 atom stereocenters. The van der Waals surface area contributed by atoms with E-state index >= 15 is 0 Å². The van der Waals surface area contributed by atoms with Gasteiger partial charge in [-0.2, -0.15) is 0 Å². The Morgan fingerprint density at radius 1 is 1.35 bits per heavy atom. The summed E-state index contributed by atoms with van der Waals surface area (Å²) in [7, 11) is 1.49. The van der Waals surface area contributed by atoms with Gasteiger partial charge in [-0.05, 0) is 19.3 Å². The van der Waals surface area contributed by atoms with Crippen molar-refractivity contribution in [2.24, 2.45) is 5.41 Å². The number of likely N-dealkylation sites (N-methyl/N-ethyl adjacent to an activating group) is 1. The van der Waals surface area contributed by atoms with Crippen LogP contribution < -0.4 is 10.6 Å². The highest BCUT2D eigenvalue weighted by Gasteiger charge is 2.42. The number of rotatable bonds is 5. The van der Waals surface area contributed by atoms with Gasteiger partial charge in [0, 0.05) is 20.1 Å². The smallest absolute Gasteiger partial charge is 0.317 e. The molecule has 114 valence electrons. The first-order valence-corrected chi connectivity index (χ1v) is 6.92. The van der Waals surface area contributed by atoms with Crippen molar-refractivity contribution < 1.29 is 19.5 Å². The fourth-order valence-corrected chi connectivity index (χ4v) is 2.63. The number of amides is 3. The summed E-state index contributed by atoms with van der Waals surface area (Å²) < 4.78 is 0. The normalized spacial score (nSPS) is 22.2. The van der Waals surface area contributed by atoms with Crippen molar-refractivity contribution in [3.63, 3.8) is 0 Å². The van der Waals surface area contributed by atoms with Gasteiger partial charge in [-0.25, -0.2) is 4.79 Å². The molecule has 3 N–H and O–H groups in total. The molecule has 1 rings (SSSR count). The second kappa shape index (κ2) is 7.12. The summed E-state index contributed by atoms with van der Waals surface area (Å²) in [4.78, 5) is 36.1. The number of hydrogen-bond donors (Lipinski definition) is 3. The fourth-order valence-electron chi connectivity index (χ4n) is 2.63. The number of carboxylic acids is 1. The topological polar surface area (TPSA) is 98.7 Å². The number of carbonyl (C=O) groups is 3. The average molecular weight is 285 g/mol. The molecule has 0 bridgehead atoms. The molecule has 3 amide bonds. The van der Waals surface area contributed by atoms with E-state index in [9.17, 15) is 19.5 Å². The zero-order chi connectivity index (χ0) is 15.2. The van der Waals surface area contributed by atoms with Crippen molar-refractivity contribution in [1.29, 1.82) is 0 Å². The highest BCUT2D eigenvalue weighted by Crippen LogP contribution is 2.35. The Labute approximate surface area is 118 Å². The van der Waals surface area contributed by atoms with Gasteiger partial charge in [0.1, 0.15) is 0 Å². The summed E-state index contributed by atoms with van der Waals surface area (Å²) in [5, 5.41) is 14.4. The lowest BCUT2D eigenvalue weighted by Gasteiger charge is -2.39. The molecule has 0 radical (unpaired) electrons. The van der Waals surface area contributed by atoms with Gasteiger partial charge in [-0.1, -0.05) is 13.3 Å². The molecule has 1 aliphatic rings. The number of piperidine rings is 1. The van der Waals surface area contributed by atoms with Crippen LogP contribution in [0.2, 0.25) is 0 Å². The van der Waals surface area contributed by atoms with Crippen molar-refractivity contribution in [3.8, 4) is 0 Å². The first kappa shape index (κ1) is 16.3.